The standard InChI is InChI=1S/C29H37.C12H19.C3H6.2ClH.Zr/c1-18-25-22-17-19-13-9-10-14-20(19)24(22)21-15-11-12-16-23(21)29(25,8)28(6,7)27(4,5)26(18,2)3;1-5-6-10-7-8-11(9-10)12(2,3)4;1-3-2;;;/h9-11,13-15,23H,12,16-17H2,1-8H3;8-10H,5-6H2,1-4H3;1-2H3;2*1H;/q;;;;;+2/p-2. The van der Waals surface area contributed by atoms with Gasteiger partial charge < -0.3 is 24.8 Å². The Kier molecular flexibility index (Phi) is 10.4. The summed E-state index contributed by atoms with van der Waals surface area (Å²) in [5.74, 6) is 1.16. The summed E-state index contributed by atoms with van der Waals surface area (Å²) in [5, 5.41) is 0. The molecular weight excluding hydrogens is 691 g/mol. The van der Waals surface area contributed by atoms with Crippen molar-refractivity contribution in [1.29, 1.82) is 0 Å². The second-order valence-electron chi connectivity index (χ2n) is 18.5. The smallest absolute Gasteiger partial charge is 1.00 e. The van der Waals surface area contributed by atoms with E-state index >= 15 is 0 Å². The number of rotatable bonds is 4. The maximum absolute atomic E-state index is 2.84. The third-order valence-electron chi connectivity index (χ3n) is 15.1. The van der Waals surface area contributed by atoms with Crippen LogP contribution in [-0.4, -0.2) is 3.21 Å². The second kappa shape index (κ2) is 12.5. The Labute approximate surface area is 309 Å². The van der Waals surface area contributed by atoms with Gasteiger partial charge in [0.1, 0.15) is 0 Å². The van der Waals surface area contributed by atoms with Gasteiger partial charge in [-0.2, -0.15) is 0 Å². The first-order chi connectivity index (χ1) is 20.8. The number of allylic oxidation sites excluding steroid dienone is 10. The first kappa shape index (κ1) is 39.0. The second-order valence-corrected chi connectivity index (χ2v) is 26.7. The van der Waals surface area contributed by atoms with E-state index in [1.165, 1.54) is 31.2 Å². The van der Waals surface area contributed by atoms with Gasteiger partial charge in [0.15, 0.2) is 0 Å². The zero-order valence-electron chi connectivity index (χ0n) is 32.1. The quantitative estimate of drug-likeness (QED) is 0.323. The van der Waals surface area contributed by atoms with E-state index in [4.69, 9.17) is 0 Å². The minimum atomic E-state index is -2.61. The molecular formula is C44H62Cl2Zr. The summed E-state index contributed by atoms with van der Waals surface area (Å²) in [4.78, 5) is 0. The van der Waals surface area contributed by atoms with Crippen LogP contribution in [0.5, 0.6) is 0 Å². The van der Waals surface area contributed by atoms with E-state index in [1.807, 2.05) is 8.85 Å². The maximum Gasteiger partial charge on any atom is -1.00 e. The zero-order valence-corrected chi connectivity index (χ0v) is 36.0. The van der Waals surface area contributed by atoms with E-state index in [9.17, 15) is 0 Å². The molecule has 0 aromatic heterocycles. The molecule has 5 aliphatic rings. The Hall–Kier alpha value is -0.747. The average molecular weight is 753 g/mol. The monoisotopic (exact) mass is 750 g/mol. The molecule has 3 heteroatoms. The summed E-state index contributed by atoms with van der Waals surface area (Å²) < 4.78 is 3.81. The molecule has 0 spiro atoms. The molecule has 1 fully saturated rings. The number of hydrogen-bond donors (Lipinski definition) is 0. The molecule has 1 aromatic carbocycles. The van der Waals surface area contributed by atoms with Crippen LogP contribution in [0.15, 0.2) is 74.1 Å². The van der Waals surface area contributed by atoms with E-state index < -0.39 is 21.3 Å². The molecule has 0 aliphatic heterocycles. The summed E-state index contributed by atoms with van der Waals surface area (Å²) in [7, 11) is 0. The van der Waals surface area contributed by atoms with Gasteiger partial charge in [0.25, 0.3) is 0 Å². The van der Waals surface area contributed by atoms with Crippen molar-refractivity contribution >= 4 is 8.78 Å². The van der Waals surface area contributed by atoms with E-state index in [0.29, 0.717) is 11.8 Å². The summed E-state index contributed by atoms with van der Waals surface area (Å²) in [6.45, 7) is 36.6. The number of hydrogen-bond acceptors (Lipinski definition) is 0. The van der Waals surface area contributed by atoms with Gasteiger partial charge in [0.2, 0.25) is 0 Å². The van der Waals surface area contributed by atoms with Crippen molar-refractivity contribution in [1.82, 2.24) is 0 Å². The summed E-state index contributed by atoms with van der Waals surface area (Å²) >= 11 is -2.61. The van der Waals surface area contributed by atoms with Crippen LogP contribution in [0.25, 0.3) is 5.57 Å². The fourth-order valence-corrected chi connectivity index (χ4v) is 22.8. The van der Waals surface area contributed by atoms with Gasteiger partial charge in [-0.25, -0.2) is 0 Å². The van der Waals surface area contributed by atoms with Gasteiger partial charge >= 0.3 is 286 Å². The summed E-state index contributed by atoms with van der Waals surface area (Å²) in [5.41, 5.74) is 12.2. The third-order valence-corrected chi connectivity index (χ3v) is 24.8. The van der Waals surface area contributed by atoms with E-state index in [-0.39, 0.29) is 55.0 Å². The van der Waals surface area contributed by atoms with Crippen molar-refractivity contribution < 1.29 is 46.1 Å². The van der Waals surface area contributed by atoms with E-state index in [1.54, 1.807) is 31.1 Å². The predicted molar refractivity (Wildman–Crippen MR) is 194 cm³/mol. The van der Waals surface area contributed by atoms with Crippen molar-refractivity contribution in [3.05, 3.63) is 85.3 Å². The minimum Gasteiger partial charge on any atom is -1.00 e. The molecule has 0 amide bonds. The van der Waals surface area contributed by atoms with Crippen molar-refractivity contribution in [3.63, 3.8) is 0 Å². The SMILES string of the molecule is CCCC1C=C(C(C)(C)C)C=[C]1[Zr+2](=[C](C)C)[C]1(C)C2=C3Cc4ccccc4C3=C3C=CCCC3C2(C)C(C)(C)C(C)(C)C1(C)C.[Cl-].[Cl-]. The Morgan fingerprint density at radius 2 is 1.53 bits per heavy atom. The molecule has 0 nitrogen and oxygen atoms in total. The fourth-order valence-electron chi connectivity index (χ4n) is 11.3. The average Bonchev–Trinajstić information content (AvgIpc) is 3.54. The summed E-state index contributed by atoms with van der Waals surface area (Å²) in [6.07, 6.45) is 16.7. The first-order valence-corrected chi connectivity index (χ1v) is 21.8. The first-order valence-electron chi connectivity index (χ1n) is 18.2. The number of benzene rings is 1. The Balaban J connectivity index is 0.00000250. The van der Waals surface area contributed by atoms with Crippen LogP contribution in [0, 0.1) is 38.9 Å². The molecule has 1 aromatic rings. The van der Waals surface area contributed by atoms with Crippen LogP contribution in [0.2, 0.25) is 3.12 Å². The zero-order chi connectivity index (χ0) is 33.1. The van der Waals surface area contributed by atoms with Crippen LogP contribution < -0.4 is 24.8 Å². The molecule has 0 radical (unpaired) electrons. The number of halogens is 2. The van der Waals surface area contributed by atoms with Crippen LogP contribution in [0.4, 0.5) is 0 Å². The molecule has 5 aliphatic carbocycles. The van der Waals surface area contributed by atoms with Crippen molar-refractivity contribution in [2.45, 2.75) is 132 Å². The molecule has 1 saturated carbocycles. The van der Waals surface area contributed by atoms with Gasteiger partial charge in [0.05, 0.1) is 0 Å². The van der Waals surface area contributed by atoms with Crippen molar-refractivity contribution in [2.75, 3.05) is 0 Å². The van der Waals surface area contributed by atoms with Gasteiger partial charge in [-0.05, 0) is 0 Å². The molecule has 0 heterocycles. The van der Waals surface area contributed by atoms with Crippen LogP contribution >= 0.6 is 0 Å². The van der Waals surface area contributed by atoms with E-state index in [0.717, 1.165) is 6.42 Å². The topological polar surface area (TPSA) is 0 Å². The van der Waals surface area contributed by atoms with Crippen molar-refractivity contribution in [3.8, 4) is 0 Å². The molecule has 0 bridgehead atoms. The van der Waals surface area contributed by atoms with Gasteiger partial charge in [0, 0.05) is 0 Å². The molecule has 6 rings (SSSR count). The minimum absolute atomic E-state index is 0. The Morgan fingerprint density at radius 1 is 0.894 bits per heavy atom. The molecule has 4 atom stereocenters. The molecule has 0 N–H and O–H groups in total. The van der Waals surface area contributed by atoms with Gasteiger partial charge in [-0.3, -0.25) is 0 Å². The Bertz CT molecular complexity index is 1640. The largest absolute Gasteiger partial charge is 1.00 e. The van der Waals surface area contributed by atoms with Crippen LogP contribution in [-0.2, 0) is 27.7 Å². The third kappa shape index (κ3) is 4.99. The molecule has 0 saturated heterocycles. The summed E-state index contributed by atoms with van der Waals surface area (Å²) in [6, 6.07) is 9.44. The van der Waals surface area contributed by atoms with Gasteiger partial charge in [-0.15, -0.1) is 0 Å². The van der Waals surface area contributed by atoms with Crippen molar-refractivity contribution in [2.24, 2.45) is 38.9 Å². The fraction of sp³-hybridized carbons (Fsp3) is 0.614. The van der Waals surface area contributed by atoms with E-state index in [2.05, 4.69) is 146 Å². The molecule has 4 unspecified atom stereocenters. The number of fused-ring (bicyclic) bond motifs is 6. The van der Waals surface area contributed by atoms with Gasteiger partial charge in [-0.1, -0.05) is 0 Å². The molecule has 256 valence electrons. The van der Waals surface area contributed by atoms with Crippen LogP contribution in [0.1, 0.15) is 134 Å². The normalized spacial score (nSPS) is 30.8. The van der Waals surface area contributed by atoms with Crippen LogP contribution in [0.3, 0.4) is 0 Å². The predicted octanol–water partition coefficient (Wildman–Crippen LogP) is 6.67. The molecule has 47 heavy (non-hydrogen) atoms. The maximum atomic E-state index is 2.84. The Morgan fingerprint density at radius 3 is 2.13 bits per heavy atom.